The zero-order chi connectivity index (χ0) is 35.6. The maximum atomic E-state index is 12.3. The highest BCUT2D eigenvalue weighted by atomic mass is 35.5. The number of nitrogens with one attached hydrogen (secondary N) is 1. The second-order valence-corrected chi connectivity index (χ2v) is 15.4. The summed E-state index contributed by atoms with van der Waals surface area (Å²) >= 11 is 7.56. The summed E-state index contributed by atoms with van der Waals surface area (Å²) in [6.45, 7) is 0.519. The molecule has 0 aliphatic rings. The Kier molecular flexibility index (Phi) is 11.0. The summed E-state index contributed by atoms with van der Waals surface area (Å²) in [5, 5.41) is 28.8. The second kappa shape index (κ2) is 14.3. The highest BCUT2D eigenvalue weighted by Crippen LogP contribution is 2.44. The monoisotopic (exact) mass is 764 g/mol. The summed E-state index contributed by atoms with van der Waals surface area (Å²) in [4.78, 5) is 11.3. The number of aromatic nitrogens is 3. The number of nitrogens with zero attached hydrogens (tertiary/aromatic N) is 6. The van der Waals surface area contributed by atoms with Gasteiger partial charge < -0.3 is 26.2 Å². The molecular formula is C24H25ClN8O11S4. The Morgan fingerprint density at radius 2 is 1.60 bits per heavy atom. The van der Waals surface area contributed by atoms with Crippen LogP contribution in [0.25, 0.3) is 10.8 Å². The summed E-state index contributed by atoms with van der Waals surface area (Å²) in [7, 11) is -13.3. The van der Waals surface area contributed by atoms with Crippen LogP contribution in [0.3, 0.4) is 0 Å². The molecule has 4 aromatic rings. The summed E-state index contributed by atoms with van der Waals surface area (Å²) in [5.41, 5.74) is 4.01. The minimum atomic E-state index is -5.08. The number of azo groups is 1. The molecule has 0 fully saturated rings. The van der Waals surface area contributed by atoms with E-state index in [4.69, 9.17) is 22.4 Å². The minimum absolute atomic E-state index is 0.0182. The number of nitrogens with two attached hydrogens (primary N) is 1. The average molecular weight is 765 g/mol. The van der Waals surface area contributed by atoms with Gasteiger partial charge in [-0.25, -0.2) is 0 Å². The first-order valence-electron chi connectivity index (χ1n) is 13.0. The molecule has 1 aromatic heterocycles. The third-order valence-corrected chi connectivity index (χ3v) is 9.96. The maximum Gasteiger partial charge on any atom is 0.296 e. The molecule has 8 N–H and O–H groups in total. The largest absolute Gasteiger partial charge is 0.507 e. The number of aliphatic hydroxyl groups is 1. The molecule has 24 heteroatoms. The molecule has 3 aromatic carbocycles. The van der Waals surface area contributed by atoms with Gasteiger partial charge in [-0.1, -0.05) is 0 Å². The van der Waals surface area contributed by atoms with E-state index in [9.17, 15) is 44.0 Å². The van der Waals surface area contributed by atoms with Crippen molar-refractivity contribution in [2.45, 2.75) is 14.7 Å². The summed E-state index contributed by atoms with van der Waals surface area (Å²) in [6.07, 6.45) is 0. The fourth-order valence-electron chi connectivity index (χ4n) is 4.08. The summed E-state index contributed by atoms with van der Waals surface area (Å²) < 4.78 is 101. The second-order valence-electron chi connectivity index (χ2n) is 9.60. The van der Waals surface area contributed by atoms with Crippen LogP contribution in [-0.2, 0) is 30.4 Å². The van der Waals surface area contributed by atoms with Crippen molar-refractivity contribution in [3.63, 3.8) is 0 Å². The number of hydrogen-bond donors (Lipinski definition) is 7. The van der Waals surface area contributed by atoms with Gasteiger partial charge >= 0.3 is 0 Å². The maximum absolute atomic E-state index is 12.3. The van der Waals surface area contributed by atoms with Gasteiger partial charge in [0, 0.05) is 36.9 Å². The molecule has 0 bridgehead atoms. The van der Waals surface area contributed by atoms with Gasteiger partial charge in [-0.3, -0.25) is 13.7 Å². The zero-order valence-electron chi connectivity index (χ0n) is 24.2. The standard InChI is InChI=1S/C24H25ClN8O11S4/c1-33(4-6-45-7-5-34)24-29-22(25)28-23(30-24)27-13-2-3-15(17(10-13)47(39,40)41)31-32-21-19-12(9-18(20(21)26)48(42,43)44)8-14(11-16(19)35)46(36,37)38/h2-3,8-11,34-35H,4-7,26H2,1H3,(H,36,37,38)(H,39,40,41)(H,42,43,44)(H,27,28,29,30)/b32-31+. The van der Waals surface area contributed by atoms with Gasteiger partial charge in [-0.15, -0.1) is 10.2 Å². The molecular weight excluding hydrogens is 740 g/mol. The highest BCUT2D eigenvalue weighted by molar-refractivity contribution is 7.99. The number of aromatic hydroxyl groups is 1. The number of phenolic OH excluding ortho intramolecular Hbond substituents is 1. The molecule has 0 amide bonds. The van der Waals surface area contributed by atoms with Crippen LogP contribution in [0.1, 0.15) is 0 Å². The number of nitrogen functional groups attached to an aromatic ring is 1. The lowest BCUT2D eigenvalue weighted by Gasteiger charge is -2.17. The molecule has 0 radical (unpaired) electrons. The lowest BCUT2D eigenvalue weighted by Crippen LogP contribution is -2.23. The number of hydrogen-bond acceptors (Lipinski definition) is 17. The van der Waals surface area contributed by atoms with Crippen molar-refractivity contribution in [3.05, 3.63) is 41.7 Å². The van der Waals surface area contributed by atoms with Crippen LogP contribution in [0.15, 0.2) is 61.3 Å². The Morgan fingerprint density at radius 1 is 0.917 bits per heavy atom. The van der Waals surface area contributed by atoms with Crippen LogP contribution < -0.4 is 16.0 Å². The van der Waals surface area contributed by atoms with Crippen molar-refractivity contribution >= 4 is 99.1 Å². The Morgan fingerprint density at radius 3 is 2.23 bits per heavy atom. The van der Waals surface area contributed by atoms with Crippen molar-refractivity contribution in [1.29, 1.82) is 0 Å². The molecule has 0 atom stereocenters. The van der Waals surface area contributed by atoms with Gasteiger partial charge in [0.25, 0.3) is 30.4 Å². The van der Waals surface area contributed by atoms with Gasteiger partial charge in [0.2, 0.25) is 17.2 Å². The number of rotatable bonds is 13. The predicted octanol–water partition coefficient (Wildman–Crippen LogP) is 3.03. The van der Waals surface area contributed by atoms with Crippen molar-refractivity contribution in [3.8, 4) is 5.75 Å². The van der Waals surface area contributed by atoms with Crippen LogP contribution in [-0.4, -0.2) is 95.8 Å². The van der Waals surface area contributed by atoms with Crippen LogP contribution in [0, 0.1) is 0 Å². The molecule has 0 spiro atoms. The average Bonchev–Trinajstić information content (AvgIpc) is 2.97. The molecule has 1 heterocycles. The Hall–Kier alpha value is -3.94. The number of thioether (sulfide) groups is 1. The van der Waals surface area contributed by atoms with E-state index in [-0.39, 0.29) is 40.2 Å². The lowest BCUT2D eigenvalue weighted by atomic mass is 10.1. The van der Waals surface area contributed by atoms with Gasteiger partial charge in [-0.05, 0) is 47.3 Å². The third-order valence-electron chi connectivity index (χ3n) is 6.24. The molecule has 0 aliphatic carbocycles. The molecule has 0 saturated carbocycles. The molecule has 0 saturated heterocycles. The van der Waals surface area contributed by atoms with Crippen LogP contribution in [0.2, 0.25) is 5.28 Å². The lowest BCUT2D eigenvalue weighted by molar-refractivity contribution is 0.322. The van der Waals surface area contributed by atoms with Crippen LogP contribution in [0.4, 0.5) is 34.6 Å². The van der Waals surface area contributed by atoms with E-state index in [1.54, 1.807) is 11.9 Å². The van der Waals surface area contributed by atoms with E-state index in [0.717, 1.165) is 18.2 Å². The quantitative estimate of drug-likeness (QED) is 0.0445. The Balaban J connectivity index is 1.77. The van der Waals surface area contributed by atoms with Crippen molar-refractivity contribution in [2.75, 3.05) is 47.7 Å². The molecule has 19 nitrogen and oxygen atoms in total. The van der Waals surface area contributed by atoms with E-state index in [1.807, 2.05) is 0 Å². The molecule has 48 heavy (non-hydrogen) atoms. The first-order chi connectivity index (χ1) is 22.3. The first-order valence-corrected chi connectivity index (χ1v) is 18.8. The van der Waals surface area contributed by atoms with E-state index in [0.29, 0.717) is 30.2 Å². The van der Waals surface area contributed by atoms with Crippen molar-refractivity contribution in [2.24, 2.45) is 10.2 Å². The summed E-state index contributed by atoms with van der Waals surface area (Å²) in [6, 6.07) is 5.37. The molecule has 0 aliphatic heterocycles. The molecule has 258 valence electrons. The minimum Gasteiger partial charge on any atom is -0.507 e. The van der Waals surface area contributed by atoms with Crippen LogP contribution >= 0.6 is 23.4 Å². The van der Waals surface area contributed by atoms with E-state index in [1.165, 1.54) is 17.8 Å². The van der Waals surface area contributed by atoms with E-state index < -0.39 is 67.9 Å². The first kappa shape index (κ1) is 36.9. The van der Waals surface area contributed by atoms with Gasteiger partial charge in [0.05, 0.1) is 22.6 Å². The zero-order valence-corrected chi connectivity index (χ0v) is 28.3. The Bertz CT molecular complexity index is 2260. The predicted molar refractivity (Wildman–Crippen MR) is 176 cm³/mol. The normalized spacial score (nSPS) is 12.5. The number of anilines is 4. The van der Waals surface area contributed by atoms with Gasteiger partial charge in [0.1, 0.15) is 26.9 Å². The number of fused-ring (bicyclic) bond motifs is 1. The number of phenols is 1. The van der Waals surface area contributed by atoms with Gasteiger partial charge in [0.15, 0.2) is 0 Å². The number of benzene rings is 3. The topological polar surface area (TPSA) is 308 Å². The number of halogens is 1. The van der Waals surface area contributed by atoms with Crippen molar-refractivity contribution in [1.82, 2.24) is 15.0 Å². The van der Waals surface area contributed by atoms with E-state index in [2.05, 4.69) is 30.5 Å². The third kappa shape index (κ3) is 8.74. The van der Waals surface area contributed by atoms with Crippen molar-refractivity contribution < 1.29 is 49.1 Å². The Labute approximate surface area is 282 Å². The summed E-state index contributed by atoms with van der Waals surface area (Å²) in [5.74, 6) is 0.403. The molecule has 4 rings (SSSR count). The number of aliphatic hydroxyl groups excluding tert-OH is 1. The van der Waals surface area contributed by atoms with E-state index >= 15 is 0 Å². The smallest absolute Gasteiger partial charge is 0.296 e. The highest BCUT2D eigenvalue weighted by Gasteiger charge is 2.25. The fourth-order valence-corrected chi connectivity index (χ4v) is 6.81. The van der Waals surface area contributed by atoms with Crippen LogP contribution in [0.5, 0.6) is 5.75 Å². The molecule has 0 unspecified atom stereocenters. The SMILES string of the molecule is CN(CCSCCO)c1nc(Cl)nc(Nc2ccc(/N=N/c3c(N)c(S(=O)(=O)O)cc4cc(S(=O)(=O)O)cc(O)c34)c(S(=O)(=O)O)c2)n1. The van der Waals surface area contributed by atoms with Gasteiger partial charge in [-0.2, -0.15) is 52.0 Å². The fraction of sp³-hybridized carbons (Fsp3) is 0.208.